The fourth-order valence-electron chi connectivity index (χ4n) is 7.56. The molecule has 7 rings (SSSR count). The van der Waals surface area contributed by atoms with Crippen molar-refractivity contribution in [3.05, 3.63) is 46.8 Å². The van der Waals surface area contributed by atoms with Gasteiger partial charge in [-0.15, -0.1) is 0 Å². The minimum atomic E-state index is -0.399. The summed E-state index contributed by atoms with van der Waals surface area (Å²) in [5.74, 6) is 2.13. The van der Waals surface area contributed by atoms with Crippen molar-refractivity contribution < 1.29 is 14.3 Å². The van der Waals surface area contributed by atoms with Crippen LogP contribution in [0.2, 0.25) is 0 Å². The Bertz CT molecular complexity index is 1070. The third kappa shape index (κ3) is 3.41. The van der Waals surface area contributed by atoms with Gasteiger partial charge in [0.05, 0.1) is 23.4 Å². The quantitative estimate of drug-likeness (QED) is 0.649. The zero-order chi connectivity index (χ0) is 22.7. The number of amides is 1. The number of rotatable bonds is 4. The van der Waals surface area contributed by atoms with E-state index in [9.17, 15) is 9.59 Å². The number of esters is 1. The van der Waals surface area contributed by atoms with Crippen molar-refractivity contribution in [3.63, 3.8) is 0 Å². The second-order valence-corrected chi connectivity index (χ2v) is 10.9. The fourth-order valence-corrected chi connectivity index (χ4v) is 7.56. The second kappa shape index (κ2) is 7.71. The van der Waals surface area contributed by atoms with Crippen molar-refractivity contribution in [3.8, 4) is 5.69 Å². The zero-order valence-electron chi connectivity index (χ0n) is 19.7. The number of benzene rings is 1. The van der Waals surface area contributed by atoms with Crippen molar-refractivity contribution in [1.82, 2.24) is 14.7 Å². The van der Waals surface area contributed by atoms with Crippen LogP contribution >= 0.6 is 0 Å². The monoisotopic (exact) mass is 447 g/mol. The maximum atomic E-state index is 14.0. The Morgan fingerprint density at radius 3 is 2.30 bits per heavy atom. The largest absolute Gasteiger partial charge is 0.461 e. The van der Waals surface area contributed by atoms with Gasteiger partial charge < -0.3 is 9.64 Å². The molecule has 0 N–H and O–H groups in total. The summed E-state index contributed by atoms with van der Waals surface area (Å²) in [6.07, 6.45) is 7.87. The Labute approximate surface area is 195 Å². The average molecular weight is 448 g/mol. The molecule has 0 spiro atoms. The van der Waals surface area contributed by atoms with Gasteiger partial charge in [0, 0.05) is 25.1 Å². The SMILES string of the molecule is CCOC(=O)c1nn(-c2ccc(C)cc2)c2c1CN(C(=O)C13CC4CC(CC(C4)C1)C3)CC2. The van der Waals surface area contributed by atoms with E-state index in [2.05, 4.69) is 19.1 Å². The molecule has 4 aliphatic carbocycles. The van der Waals surface area contributed by atoms with E-state index in [1.54, 1.807) is 0 Å². The number of hydrogen-bond donors (Lipinski definition) is 0. The highest BCUT2D eigenvalue weighted by molar-refractivity contribution is 5.90. The first-order valence-electron chi connectivity index (χ1n) is 12.6. The Morgan fingerprint density at radius 1 is 1.06 bits per heavy atom. The maximum absolute atomic E-state index is 14.0. The van der Waals surface area contributed by atoms with Gasteiger partial charge in [-0.25, -0.2) is 9.48 Å². The Hall–Kier alpha value is -2.63. The molecule has 0 unspecified atom stereocenters. The first-order valence-corrected chi connectivity index (χ1v) is 12.6. The van der Waals surface area contributed by atoms with E-state index in [1.165, 1.54) is 24.8 Å². The van der Waals surface area contributed by atoms with Crippen LogP contribution in [-0.4, -0.2) is 39.7 Å². The minimum absolute atomic E-state index is 0.163. The van der Waals surface area contributed by atoms with E-state index < -0.39 is 5.97 Å². The van der Waals surface area contributed by atoms with Gasteiger partial charge in [-0.2, -0.15) is 5.10 Å². The molecule has 5 aliphatic rings. The van der Waals surface area contributed by atoms with Crippen LogP contribution in [0.5, 0.6) is 0 Å². The summed E-state index contributed by atoms with van der Waals surface area (Å²) in [6, 6.07) is 8.17. The highest BCUT2D eigenvalue weighted by atomic mass is 16.5. The molecule has 2 aromatic rings. The second-order valence-electron chi connectivity index (χ2n) is 10.9. The molecule has 4 fully saturated rings. The van der Waals surface area contributed by atoms with Gasteiger partial charge in [0.15, 0.2) is 5.69 Å². The molecule has 174 valence electrons. The summed E-state index contributed by atoms with van der Waals surface area (Å²) < 4.78 is 7.22. The third-order valence-corrected chi connectivity index (χ3v) is 8.58. The van der Waals surface area contributed by atoms with E-state index in [-0.39, 0.29) is 5.41 Å². The lowest BCUT2D eigenvalue weighted by atomic mass is 9.49. The summed E-state index contributed by atoms with van der Waals surface area (Å²) >= 11 is 0. The minimum Gasteiger partial charge on any atom is -0.461 e. The Balaban J connectivity index is 1.33. The summed E-state index contributed by atoms with van der Waals surface area (Å²) in [6.45, 7) is 5.31. The molecule has 0 atom stereocenters. The molecule has 33 heavy (non-hydrogen) atoms. The van der Waals surface area contributed by atoms with Gasteiger partial charge in [0.25, 0.3) is 0 Å². The zero-order valence-corrected chi connectivity index (χ0v) is 19.7. The van der Waals surface area contributed by atoms with Crippen LogP contribution in [0, 0.1) is 30.1 Å². The van der Waals surface area contributed by atoms with Crippen LogP contribution in [-0.2, 0) is 22.5 Å². The average Bonchev–Trinajstić information content (AvgIpc) is 3.17. The van der Waals surface area contributed by atoms with Crippen LogP contribution in [0.3, 0.4) is 0 Å². The summed E-state index contributed by atoms with van der Waals surface area (Å²) in [5, 5.41) is 4.70. The highest BCUT2D eigenvalue weighted by Gasteiger charge is 2.55. The van der Waals surface area contributed by atoms with Gasteiger partial charge in [0.1, 0.15) is 0 Å². The van der Waals surface area contributed by atoms with Crippen LogP contribution in [0.15, 0.2) is 24.3 Å². The number of aromatic nitrogens is 2. The lowest BCUT2D eigenvalue weighted by Crippen LogP contribution is -2.55. The van der Waals surface area contributed by atoms with Crippen LogP contribution in [0.1, 0.15) is 72.8 Å². The van der Waals surface area contributed by atoms with Crippen molar-refractivity contribution in [2.75, 3.05) is 13.2 Å². The topological polar surface area (TPSA) is 64.4 Å². The molecular formula is C27H33N3O3. The summed E-state index contributed by atoms with van der Waals surface area (Å²) in [7, 11) is 0. The molecule has 6 nitrogen and oxygen atoms in total. The normalized spacial score (nSPS) is 29.8. The molecule has 2 heterocycles. The van der Waals surface area contributed by atoms with Crippen molar-refractivity contribution in [2.45, 2.75) is 65.3 Å². The van der Waals surface area contributed by atoms with Crippen molar-refractivity contribution in [2.24, 2.45) is 23.2 Å². The number of hydrogen-bond acceptors (Lipinski definition) is 4. The molecule has 0 radical (unpaired) electrons. The molecule has 4 saturated carbocycles. The number of carbonyl (C=O) groups excluding carboxylic acids is 2. The number of nitrogens with zero attached hydrogens (tertiary/aromatic N) is 3. The lowest BCUT2D eigenvalue weighted by molar-refractivity contribution is -0.158. The molecule has 1 aliphatic heterocycles. The number of fused-ring (bicyclic) bond motifs is 1. The first-order chi connectivity index (χ1) is 16.0. The molecule has 6 heteroatoms. The predicted molar refractivity (Wildman–Crippen MR) is 124 cm³/mol. The fraction of sp³-hybridized carbons (Fsp3) is 0.593. The Kier molecular flexibility index (Phi) is 4.89. The van der Waals surface area contributed by atoms with Gasteiger partial charge >= 0.3 is 5.97 Å². The number of aryl methyl sites for hydroxylation is 1. The predicted octanol–water partition coefficient (Wildman–Crippen LogP) is 4.46. The molecule has 1 amide bonds. The molecular weight excluding hydrogens is 414 g/mol. The number of carbonyl (C=O) groups is 2. The first kappa shape index (κ1) is 20.9. The summed E-state index contributed by atoms with van der Waals surface area (Å²) in [4.78, 5) is 28.8. The van der Waals surface area contributed by atoms with E-state index in [0.29, 0.717) is 37.7 Å². The van der Waals surface area contributed by atoms with Gasteiger partial charge in [-0.1, -0.05) is 17.7 Å². The van der Waals surface area contributed by atoms with E-state index in [1.807, 2.05) is 28.6 Å². The smallest absolute Gasteiger partial charge is 0.359 e. The molecule has 0 saturated heterocycles. The van der Waals surface area contributed by atoms with Gasteiger partial charge in [-0.3, -0.25) is 4.79 Å². The van der Waals surface area contributed by atoms with Gasteiger partial charge in [-0.05, 0) is 82.3 Å². The van der Waals surface area contributed by atoms with E-state index in [0.717, 1.165) is 54.0 Å². The summed E-state index contributed by atoms with van der Waals surface area (Å²) in [5.41, 5.74) is 4.19. The molecule has 1 aromatic carbocycles. The highest BCUT2D eigenvalue weighted by Crippen LogP contribution is 2.60. The molecule has 4 bridgehead atoms. The van der Waals surface area contributed by atoms with Crippen molar-refractivity contribution >= 4 is 11.9 Å². The van der Waals surface area contributed by atoms with Crippen LogP contribution < -0.4 is 0 Å². The molecule has 1 aromatic heterocycles. The maximum Gasteiger partial charge on any atom is 0.359 e. The third-order valence-electron chi connectivity index (χ3n) is 8.58. The lowest BCUT2D eigenvalue weighted by Gasteiger charge is -2.56. The van der Waals surface area contributed by atoms with Crippen LogP contribution in [0.25, 0.3) is 5.69 Å². The van der Waals surface area contributed by atoms with Crippen LogP contribution in [0.4, 0.5) is 0 Å². The van der Waals surface area contributed by atoms with Gasteiger partial charge in [0.2, 0.25) is 5.91 Å². The van der Waals surface area contributed by atoms with E-state index in [4.69, 9.17) is 9.84 Å². The number of ether oxygens (including phenoxy) is 1. The van der Waals surface area contributed by atoms with Crippen molar-refractivity contribution in [1.29, 1.82) is 0 Å². The standard InChI is InChI=1S/C27H33N3O3/c1-3-33-25(31)24-22-16-29(9-8-23(22)30(28-24)21-6-4-17(2)5-7-21)26(32)27-13-18-10-19(14-27)12-20(11-18)15-27/h4-7,18-20H,3,8-16H2,1-2H3. The Morgan fingerprint density at radius 2 is 1.70 bits per heavy atom. The van der Waals surface area contributed by atoms with E-state index >= 15 is 0 Å².